The summed E-state index contributed by atoms with van der Waals surface area (Å²) >= 11 is 4.15. The Kier molecular flexibility index (Phi) is 3.96. The first-order valence-corrected chi connectivity index (χ1v) is 5.09. The number of hydrogen-bond acceptors (Lipinski definition) is 2. The molecule has 21 heavy (non-hydrogen) atoms. The van der Waals surface area contributed by atoms with Crippen molar-refractivity contribution in [3.05, 3.63) is 26.9 Å². The fourth-order valence-corrected chi connectivity index (χ4v) is 1.39. The maximum Gasteiger partial charge on any atom is 0.460 e. The lowest BCUT2D eigenvalue weighted by Gasteiger charge is -2.33. The lowest BCUT2D eigenvalue weighted by atomic mass is 10.0. The first-order valence-electron chi connectivity index (χ1n) is 4.69. The molecule has 13 heteroatoms. The average molecular weight is 346 g/mol. The molecule has 0 aliphatic carbocycles. The maximum absolute atomic E-state index is 13.4. The van der Waals surface area contributed by atoms with E-state index in [1.165, 1.54) is 4.98 Å². The van der Waals surface area contributed by atoms with Gasteiger partial charge in [-0.15, -0.1) is 0 Å². The molecule has 0 spiro atoms. The minimum Gasteiger partial charge on any atom is -0.330 e. The summed E-state index contributed by atoms with van der Waals surface area (Å²) in [4.78, 5) is 13.7. The van der Waals surface area contributed by atoms with Crippen molar-refractivity contribution in [2.45, 2.75) is 23.9 Å². The zero-order valence-corrected chi connectivity index (χ0v) is 10.1. The topological polar surface area (TPSA) is 48.6 Å². The standard InChI is InChI=1S/C8H3F9N2OS/c9-5(10,2-1-3(20)19-4(21)18-2)6(11,12)7(13,14)8(15,16)17/h1H,(H2,18,19,20,21). The monoisotopic (exact) mass is 346 g/mol. The molecule has 2 N–H and O–H groups in total. The van der Waals surface area contributed by atoms with Gasteiger partial charge in [-0.25, -0.2) is 0 Å². The van der Waals surface area contributed by atoms with Gasteiger partial charge in [0.15, 0.2) is 4.77 Å². The van der Waals surface area contributed by atoms with Crippen molar-refractivity contribution >= 4 is 12.2 Å². The quantitative estimate of drug-likeness (QED) is 0.651. The highest BCUT2D eigenvalue weighted by Gasteiger charge is 2.82. The van der Waals surface area contributed by atoms with Gasteiger partial charge >= 0.3 is 23.9 Å². The molecule has 0 unspecified atom stereocenters. The van der Waals surface area contributed by atoms with E-state index in [1.807, 2.05) is 0 Å². The molecule has 0 aliphatic heterocycles. The normalized spacial score (nSPS) is 14.3. The van der Waals surface area contributed by atoms with Crippen LogP contribution in [0.3, 0.4) is 0 Å². The van der Waals surface area contributed by atoms with E-state index in [0.29, 0.717) is 0 Å². The van der Waals surface area contributed by atoms with Gasteiger partial charge in [0.25, 0.3) is 5.56 Å². The van der Waals surface area contributed by atoms with Gasteiger partial charge in [-0.1, -0.05) is 0 Å². The molecule has 0 fully saturated rings. The van der Waals surface area contributed by atoms with Gasteiger partial charge in [0.05, 0.1) is 5.69 Å². The van der Waals surface area contributed by atoms with Crippen LogP contribution in [0.5, 0.6) is 0 Å². The van der Waals surface area contributed by atoms with Crippen LogP contribution in [-0.2, 0) is 5.92 Å². The molecule has 3 nitrogen and oxygen atoms in total. The lowest BCUT2D eigenvalue weighted by Crippen LogP contribution is -2.59. The highest BCUT2D eigenvalue weighted by molar-refractivity contribution is 7.71. The summed E-state index contributed by atoms with van der Waals surface area (Å²) in [7, 11) is 0. The van der Waals surface area contributed by atoms with Gasteiger partial charge in [0, 0.05) is 6.07 Å². The molecule has 0 atom stereocenters. The van der Waals surface area contributed by atoms with E-state index in [9.17, 15) is 44.3 Å². The number of aromatic nitrogens is 2. The largest absolute Gasteiger partial charge is 0.460 e. The van der Waals surface area contributed by atoms with Crippen molar-refractivity contribution < 1.29 is 39.5 Å². The third kappa shape index (κ3) is 2.65. The smallest absolute Gasteiger partial charge is 0.330 e. The van der Waals surface area contributed by atoms with Gasteiger partial charge in [0.2, 0.25) is 0 Å². The SMILES string of the molecule is O=c1cc(C(F)(F)C(F)(F)C(F)(F)C(F)(F)F)[nH]c(=S)[nH]1. The van der Waals surface area contributed by atoms with Gasteiger partial charge in [-0.05, 0) is 12.2 Å². The number of aromatic amines is 2. The van der Waals surface area contributed by atoms with Crippen LogP contribution in [0.4, 0.5) is 39.5 Å². The number of halogens is 9. The molecule has 120 valence electrons. The summed E-state index contributed by atoms with van der Waals surface area (Å²) in [5, 5.41) is 0. The summed E-state index contributed by atoms with van der Waals surface area (Å²) in [6.45, 7) is 0. The van der Waals surface area contributed by atoms with Crippen molar-refractivity contribution in [2.24, 2.45) is 0 Å². The first-order chi connectivity index (χ1) is 9.14. The van der Waals surface area contributed by atoms with Crippen LogP contribution in [0.15, 0.2) is 10.9 Å². The van der Waals surface area contributed by atoms with E-state index in [4.69, 9.17) is 0 Å². The van der Waals surface area contributed by atoms with Crippen LogP contribution in [0.2, 0.25) is 0 Å². The molecule has 0 aromatic carbocycles. The van der Waals surface area contributed by atoms with Crippen molar-refractivity contribution in [1.29, 1.82) is 0 Å². The average Bonchev–Trinajstić information content (AvgIpc) is 2.25. The van der Waals surface area contributed by atoms with Gasteiger partial charge in [-0.2, -0.15) is 39.5 Å². The summed E-state index contributed by atoms with van der Waals surface area (Å²) in [6.07, 6.45) is -6.93. The van der Waals surface area contributed by atoms with E-state index < -0.39 is 40.0 Å². The summed E-state index contributed by atoms with van der Waals surface area (Å²) in [5.74, 6) is -19.9. The minimum absolute atomic E-state index is 0.295. The van der Waals surface area contributed by atoms with Crippen LogP contribution in [-0.4, -0.2) is 28.0 Å². The van der Waals surface area contributed by atoms with E-state index in [2.05, 4.69) is 12.2 Å². The molecule has 1 rings (SSSR count). The summed E-state index contributed by atoms with van der Waals surface area (Å²) in [6, 6.07) is -0.295. The van der Waals surface area contributed by atoms with Crippen LogP contribution in [0.25, 0.3) is 0 Å². The Balaban J connectivity index is 3.54. The number of H-pyrrole nitrogens is 2. The van der Waals surface area contributed by atoms with Crippen LogP contribution in [0.1, 0.15) is 5.69 Å². The Labute approximate surface area is 113 Å². The van der Waals surface area contributed by atoms with Crippen LogP contribution < -0.4 is 5.56 Å². The fraction of sp³-hybridized carbons (Fsp3) is 0.500. The second-order valence-corrected chi connectivity index (χ2v) is 4.13. The predicted molar refractivity (Wildman–Crippen MR) is 52.1 cm³/mol. The van der Waals surface area contributed by atoms with Crippen molar-refractivity contribution in [3.63, 3.8) is 0 Å². The number of hydrogen-bond donors (Lipinski definition) is 2. The molecule has 1 aromatic heterocycles. The lowest BCUT2D eigenvalue weighted by molar-refractivity contribution is -0.400. The Morgan fingerprint density at radius 1 is 0.857 bits per heavy atom. The highest BCUT2D eigenvalue weighted by Crippen LogP contribution is 2.56. The number of rotatable bonds is 3. The molecule has 0 saturated carbocycles. The predicted octanol–water partition coefficient (Wildman–Crippen LogP) is 3.36. The second kappa shape index (κ2) is 4.74. The molecule has 0 bridgehead atoms. The Morgan fingerprint density at radius 3 is 1.71 bits per heavy atom. The molecule has 0 amide bonds. The van der Waals surface area contributed by atoms with E-state index in [1.54, 1.807) is 4.98 Å². The zero-order valence-electron chi connectivity index (χ0n) is 9.30. The fourth-order valence-electron chi connectivity index (χ4n) is 1.18. The van der Waals surface area contributed by atoms with Gasteiger partial charge < -0.3 is 4.98 Å². The van der Waals surface area contributed by atoms with Crippen molar-refractivity contribution in [3.8, 4) is 0 Å². The Morgan fingerprint density at radius 2 is 1.33 bits per heavy atom. The molecule has 1 aromatic rings. The second-order valence-electron chi connectivity index (χ2n) is 3.72. The molecule has 0 radical (unpaired) electrons. The molecule has 0 saturated heterocycles. The Hall–Kier alpha value is -1.53. The number of nitrogens with one attached hydrogen (secondary N) is 2. The third-order valence-electron chi connectivity index (χ3n) is 2.24. The molecule has 1 heterocycles. The first kappa shape index (κ1) is 17.5. The van der Waals surface area contributed by atoms with E-state index in [-0.39, 0.29) is 6.07 Å². The number of alkyl halides is 9. The maximum atomic E-state index is 13.4. The van der Waals surface area contributed by atoms with Crippen molar-refractivity contribution in [1.82, 2.24) is 9.97 Å². The van der Waals surface area contributed by atoms with Gasteiger partial charge in [-0.3, -0.25) is 9.78 Å². The highest BCUT2D eigenvalue weighted by atomic mass is 32.1. The Bertz CT molecular complexity index is 616. The zero-order chi connectivity index (χ0) is 16.9. The van der Waals surface area contributed by atoms with Crippen molar-refractivity contribution in [2.75, 3.05) is 0 Å². The minimum atomic E-state index is -7.04. The molecular weight excluding hydrogens is 343 g/mol. The molecular formula is C8H3F9N2OS. The van der Waals surface area contributed by atoms with E-state index >= 15 is 0 Å². The van der Waals surface area contributed by atoms with Crippen LogP contribution in [0, 0.1) is 4.77 Å². The summed E-state index contributed by atoms with van der Waals surface area (Å²) < 4.78 is 113. The molecule has 0 aliphatic rings. The van der Waals surface area contributed by atoms with Gasteiger partial charge in [0.1, 0.15) is 0 Å². The van der Waals surface area contributed by atoms with Crippen LogP contribution >= 0.6 is 12.2 Å². The third-order valence-corrected chi connectivity index (χ3v) is 2.45. The van der Waals surface area contributed by atoms with E-state index in [0.717, 1.165) is 0 Å². The summed E-state index contributed by atoms with van der Waals surface area (Å²) in [5.41, 5.74) is -3.66.